The smallest absolute Gasteiger partial charge is 0.362 e. The quantitative estimate of drug-likeness (QED) is 0.0270. The Hall–Kier alpha value is -5.61. The van der Waals surface area contributed by atoms with Crippen LogP contribution >= 0.6 is 11.3 Å². The molecule has 1 aliphatic rings. The van der Waals surface area contributed by atoms with E-state index < -0.39 is 69.0 Å². The number of fused-ring (bicyclic) bond motifs is 1. The summed E-state index contributed by atoms with van der Waals surface area (Å²) in [6.45, 7) is 2.11. The number of aromatic hydroxyl groups is 2. The van der Waals surface area contributed by atoms with Crippen LogP contribution in [0.15, 0.2) is 44.1 Å². The number of nitrogens with zero attached hydrogens (tertiary/aromatic N) is 6. The van der Waals surface area contributed by atoms with E-state index in [0.29, 0.717) is 16.6 Å². The number of rotatable bonds is 11. The second-order valence-corrected chi connectivity index (χ2v) is 12.7. The van der Waals surface area contributed by atoms with Crippen LogP contribution in [0.1, 0.15) is 30.8 Å². The molecule has 1 saturated heterocycles. The molecular weight excluding hydrogens is 666 g/mol. The Kier molecular flexibility index (Phi) is 8.57. The number of nitrogens with two attached hydrogens (primary N) is 1. The lowest BCUT2D eigenvalue weighted by atomic mass is 10.1. The largest absolute Gasteiger partial charge is 0.504 e. The predicted molar refractivity (Wildman–Crippen MR) is 160 cm³/mol. The molecule has 0 saturated carbocycles. The number of amides is 3. The van der Waals surface area contributed by atoms with Crippen LogP contribution in [0, 0.1) is 0 Å². The Morgan fingerprint density at radius 1 is 1.23 bits per heavy atom. The summed E-state index contributed by atoms with van der Waals surface area (Å²) in [5, 5.41) is 38.1. The topological polar surface area (TPSA) is 295 Å². The average Bonchev–Trinajstić information content (AvgIpc) is 3.62. The second kappa shape index (κ2) is 12.3. The number of benzene rings is 1. The number of thiazole rings is 1. The van der Waals surface area contributed by atoms with Gasteiger partial charge in [-0.1, -0.05) is 10.4 Å². The maximum atomic E-state index is 13.0. The van der Waals surface area contributed by atoms with E-state index in [0.717, 1.165) is 17.4 Å². The number of carbonyl (C=O) groups is 3. The van der Waals surface area contributed by atoms with Gasteiger partial charge in [-0.2, -0.15) is 8.42 Å². The number of nitrogen functional groups attached to an aromatic ring is 1. The number of carbonyl (C=O) groups excluding carboxylic acids is 3. The van der Waals surface area contributed by atoms with Gasteiger partial charge in [0.15, 0.2) is 22.3 Å². The molecule has 5 rings (SSSR count). The summed E-state index contributed by atoms with van der Waals surface area (Å²) in [5.74, 6) is -3.62. The number of β-lactam (4-membered cyclic amide) rings is 1. The molecule has 3 aromatic heterocycles. The number of anilines is 1. The third-order valence-electron chi connectivity index (χ3n) is 6.64. The Morgan fingerprint density at radius 3 is 2.62 bits per heavy atom. The van der Waals surface area contributed by atoms with Crippen molar-refractivity contribution in [3.8, 4) is 11.5 Å². The molecule has 20 nitrogen and oxygen atoms in total. The zero-order valence-corrected chi connectivity index (χ0v) is 25.9. The summed E-state index contributed by atoms with van der Waals surface area (Å²) in [7, 11) is -4.78. The van der Waals surface area contributed by atoms with Gasteiger partial charge < -0.3 is 35.8 Å². The Labute approximate surface area is 267 Å². The van der Waals surface area contributed by atoms with Gasteiger partial charge in [-0.3, -0.25) is 18.9 Å². The predicted octanol–water partition coefficient (Wildman–Crippen LogP) is -1.17. The monoisotopic (exact) mass is 691 g/mol. The van der Waals surface area contributed by atoms with Crippen LogP contribution in [0.2, 0.25) is 0 Å². The molecule has 47 heavy (non-hydrogen) atoms. The highest BCUT2D eigenvalue weighted by Gasteiger charge is 2.45. The van der Waals surface area contributed by atoms with Crippen molar-refractivity contribution in [3.05, 3.63) is 57.1 Å². The molecule has 3 amide bonds. The first-order chi connectivity index (χ1) is 22.0. The van der Waals surface area contributed by atoms with Crippen molar-refractivity contribution in [3.63, 3.8) is 0 Å². The zero-order chi connectivity index (χ0) is 34.3. The van der Waals surface area contributed by atoms with Crippen LogP contribution in [-0.4, -0.2) is 89.1 Å². The Balaban J connectivity index is 1.24. The fourth-order valence-electron chi connectivity index (χ4n) is 4.18. The number of phenolic OH excluding ortho intramolecular Hbond substituents is 2. The van der Waals surface area contributed by atoms with Gasteiger partial charge >= 0.3 is 15.9 Å². The van der Waals surface area contributed by atoms with E-state index >= 15 is 0 Å². The van der Waals surface area contributed by atoms with E-state index in [1.165, 1.54) is 42.2 Å². The van der Waals surface area contributed by atoms with Crippen LogP contribution in [0.5, 0.6) is 11.5 Å². The highest BCUT2D eigenvalue weighted by Crippen LogP contribution is 2.31. The van der Waals surface area contributed by atoms with Crippen molar-refractivity contribution in [2.75, 3.05) is 12.3 Å². The Morgan fingerprint density at radius 2 is 1.96 bits per heavy atom. The van der Waals surface area contributed by atoms with E-state index in [-0.39, 0.29) is 33.8 Å². The van der Waals surface area contributed by atoms with E-state index in [1.807, 2.05) is 0 Å². The molecule has 248 valence electrons. The molecule has 22 heteroatoms. The van der Waals surface area contributed by atoms with E-state index in [4.69, 9.17) is 19.5 Å². The number of phenols is 2. The molecule has 4 aromatic rings. The van der Waals surface area contributed by atoms with Crippen LogP contribution in [0.25, 0.3) is 11.0 Å². The first-order valence-corrected chi connectivity index (χ1v) is 15.5. The molecule has 1 aromatic carbocycles. The summed E-state index contributed by atoms with van der Waals surface area (Å²) in [4.78, 5) is 59.4. The minimum Gasteiger partial charge on any atom is -0.504 e. The van der Waals surface area contributed by atoms with Gasteiger partial charge in [0, 0.05) is 22.9 Å². The fourth-order valence-corrected chi connectivity index (χ4v) is 5.42. The van der Waals surface area contributed by atoms with Gasteiger partial charge in [-0.05, 0) is 25.5 Å². The fraction of sp³-hybridized carbons (Fsp3) is 0.280. The summed E-state index contributed by atoms with van der Waals surface area (Å²) in [5.41, 5.74) is 3.57. The van der Waals surface area contributed by atoms with Gasteiger partial charge in [-0.25, -0.2) is 18.8 Å². The van der Waals surface area contributed by atoms with Crippen molar-refractivity contribution in [1.29, 1.82) is 0 Å². The van der Waals surface area contributed by atoms with Gasteiger partial charge in [0.25, 0.3) is 17.7 Å². The third kappa shape index (κ3) is 7.13. The standard InChI is InChI=1S/C25H25N9O11S2/c1-25(2,45-31-20(15-10-46-24(26)29-15)21(38)28-14-9-34(22(14)39)47(41,42)43)23(40)27-6-12-8-33(32-30-12)7-11-3-19(37)44-18-5-17(36)16(35)4-13(11)18/h3-5,8,10,14,35-36H,6-7,9H2,1-2H3,(H2,26,29)(H,27,40)(H,28,38)(H,41,42,43)/b31-20+/t14-/m0/s1. The van der Waals surface area contributed by atoms with Crippen LogP contribution < -0.4 is 22.0 Å². The molecule has 1 atom stereocenters. The third-order valence-corrected chi connectivity index (χ3v) is 8.20. The zero-order valence-electron chi connectivity index (χ0n) is 24.3. The van der Waals surface area contributed by atoms with Crippen LogP contribution in [0.4, 0.5) is 5.13 Å². The first-order valence-electron chi connectivity index (χ1n) is 13.2. The van der Waals surface area contributed by atoms with Gasteiger partial charge in [-0.15, -0.1) is 16.4 Å². The number of nitrogens with one attached hydrogen (secondary N) is 2. The van der Waals surface area contributed by atoms with E-state index in [9.17, 15) is 37.8 Å². The molecule has 7 N–H and O–H groups in total. The van der Waals surface area contributed by atoms with Crippen molar-refractivity contribution >= 4 is 61.2 Å². The maximum absolute atomic E-state index is 13.0. The lowest BCUT2D eigenvalue weighted by Crippen LogP contribution is -2.65. The highest BCUT2D eigenvalue weighted by molar-refractivity contribution is 7.84. The molecule has 1 aliphatic heterocycles. The first kappa shape index (κ1) is 32.8. The van der Waals surface area contributed by atoms with Crippen molar-refractivity contribution in [2.24, 2.45) is 5.16 Å². The molecule has 0 radical (unpaired) electrons. The molecular formula is C25H25N9O11S2. The lowest BCUT2D eigenvalue weighted by Gasteiger charge is -2.35. The molecule has 0 spiro atoms. The summed E-state index contributed by atoms with van der Waals surface area (Å²) in [6, 6.07) is 2.28. The van der Waals surface area contributed by atoms with Crippen LogP contribution in [0.3, 0.4) is 0 Å². The number of aromatic nitrogens is 4. The van der Waals surface area contributed by atoms with Gasteiger partial charge in [0.1, 0.15) is 23.0 Å². The second-order valence-electron chi connectivity index (χ2n) is 10.5. The number of hydrogen-bond donors (Lipinski definition) is 6. The summed E-state index contributed by atoms with van der Waals surface area (Å²) >= 11 is 0.970. The van der Waals surface area contributed by atoms with E-state index in [1.54, 1.807) is 0 Å². The number of hydrogen-bond acceptors (Lipinski definition) is 16. The van der Waals surface area contributed by atoms with Crippen molar-refractivity contribution < 1.29 is 46.8 Å². The highest BCUT2D eigenvalue weighted by atomic mass is 32.2. The summed E-state index contributed by atoms with van der Waals surface area (Å²) in [6.07, 6.45) is 1.49. The molecule has 1 fully saturated rings. The SMILES string of the molecule is CC(C)(O/N=C(/C(=O)N[C@H]1CN(S(=O)(=O)O)C1=O)c1csc(N)n1)C(=O)NCc1cn(Cc2cc(=O)oc3cc(O)c(O)cc23)nn1. The summed E-state index contributed by atoms with van der Waals surface area (Å²) < 4.78 is 38.0. The van der Waals surface area contributed by atoms with Gasteiger partial charge in [0.2, 0.25) is 5.60 Å². The van der Waals surface area contributed by atoms with E-state index in [2.05, 4.69) is 31.1 Å². The van der Waals surface area contributed by atoms with Crippen LogP contribution in [-0.2, 0) is 42.6 Å². The Bertz CT molecular complexity index is 2100. The maximum Gasteiger partial charge on any atom is 0.362 e. The average molecular weight is 692 g/mol. The normalized spacial score (nSPS) is 15.4. The van der Waals surface area contributed by atoms with Gasteiger partial charge in [0.05, 0.1) is 25.8 Å². The lowest BCUT2D eigenvalue weighted by molar-refractivity contribution is -0.143. The number of oxime groups is 1. The molecule has 0 unspecified atom stereocenters. The molecule has 4 heterocycles. The van der Waals surface area contributed by atoms with Crippen molar-refractivity contribution in [1.82, 2.24) is 34.9 Å². The minimum atomic E-state index is -4.78. The molecule has 0 bridgehead atoms. The molecule has 0 aliphatic carbocycles. The minimum absolute atomic E-state index is 0.0306. The van der Waals surface area contributed by atoms with Crippen molar-refractivity contribution in [2.45, 2.75) is 38.6 Å².